The van der Waals surface area contributed by atoms with Crippen molar-refractivity contribution >= 4 is 59.2 Å². The molecule has 3 aliphatic heterocycles. The van der Waals surface area contributed by atoms with Crippen LogP contribution in [0.15, 0.2) is 33.7 Å². The molecule has 0 spiro atoms. The van der Waals surface area contributed by atoms with Gasteiger partial charge in [-0.05, 0) is 37.8 Å². The van der Waals surface area contributed by atoms with Crippen LogP contribution in [0.5, 0.6) is 0 Å². The summed E-state index contributed by atoms with van der Waals surface area (Å²) in [6.45, 7) is 2.80. The topological polar surface area (TPSA) is 476 Å². The number of nitrogens with zero attached hydrogens (tertiary/aromatic N) is 3. The lowest BCUT2D eigenvalue weighted by molar-refractivity contribution is -0.176. The summed E-state index contributed by atoms with van der Waals surface area (Å²) in [5.74, 6) is -8.50. The number of rotatable bonds is 40. The number of esters is 2. The summed E-state index contributed by atoms with van der Waals surface area (Å²) in [4.78, 5) is 113. The summed E-state index contributed by atoms with van der Waals surface area (Å²) in [6, 6.07) is -3.47. The maximum Gasteiger partial charge on any atom is 0.370 e. The number of carbonyl (C=O) groups is 8. The highest BCUT2D eigenvalue weighted by molar-refractivity contribution is 5.92. The van der Waals surface area contributed by atoms with E-state index >= 15 is 0 Å². The molecular formula is C53H82N8O22. The van der Waals surface area contributed by atoms with Gasteiger partial charge < -0.3 is 102 Å². The van der Waals surface area contributed by atoms with E-state index in [0.717, 1.165) is 13.0 Å². The number of carboxylic acid groups (broad SMARTS) is 2. The van der Waals surface area contributed by atoms with Gasteiger partial charge in [-0.2, -0.15) is 0 Å². The third-order valence-electron chi connectivity index (χ3n) is 13.5. The molecule has 12 atom stereocenters. The van der Waals surface area contributed by atoms with E-state index < -0.39 is 133 Å². The molecule has 30 nitrogen and oxygen atoms in total. The maximum atomic E-state index is 13.9. The van der Waals surface area contributed by atoms with E-state index in [0.29, 0.717) is 39.3 Å². The zero-order valence-corrected chi connectivity index (χ0v) is 46.8. The number of aliphatic imine (C=N–C) groups is 2. The maximum absolute atomic E-state index is 13.9. The van der Waals surface area contributed by atoms with Crippen molar-refractivity contribution in [2.75, 3.05) is 79.2 Å². The minimum Gasteiger partial charge on any atom is -0.479 e. The van der Waals surface area contributed by atoms with E-state index in [2.05, 4.69) is 21.2 Å². The van der Waals surface area contributed by atoms with Gasteiger partial charge in [0, 0.05) is 63.5 Å². The summed E-state index contributed by atoms with van der Waals surface area (Å²) < 4.78 is 43.8. The fourth-order valence-electron chi connectivity index (χ4n) is 9.39. The van der Waals surface area contributed by atoms with Gasteiger partial charge in [0.1, 0.15) is 36.5 Å². The van der Waals surface area contributed by atoms with E-state index in [9.17, 15) is 69.0 Å². The Hall–Kier alpha value is -6.98. The molecule has 466 valence electrons. The van der Waals surface area contributed by atoms with Crippen molar-refractivity contribution in [3.05, 3.63) is 23.7 Å². The van der Waals surface area contributed by atoms with Crippen molar-refractivity contribution in [3.63, 3.8) is 0 Å². The second-order valence-corrected chi connectivity index (χ2v) is 19.8. The second kappa shape index (κ2) is 37.3. The third kappa shape index (κ3) is 24.4. The molecule has 0 saturated carbocycles. The summed E-state index contributed by atoms with van der Waals surface area (Å²) >= 11 is 0. The van der Waals surface area contributed by atoms with Gasteiger partial charge >= 0.3 is 23.9 Å². The molecule has 0 aromatic carbocycles. The van der Waals surface area contributed by atoms with Crippen LogP contribution < -0.4 is 28.3 Å². The molecule has 3 heterocycles. The molecule has 0 aromatic heterocycles. The number of terminal acetylenes is 1. The molecule has 1 fully saturated rings. The number of carbonyl (C=O) groups excluding carboxylic acids is 6. The summed E-state index contributed by atoms with van der Waals surface area (Å²) in [5, 5.41) is 63.0. The van der Waals surface area contributed by atoms with Gasteiger partial charge in [0.25, 0.3) is 0 Å². The number of aliphatic carboxylic acids is 2. The number of nitrogens with two attached hydrogens (primary N) is 4. The normalized spacial score (nSPS) is 22.5. The lowest BCUT2D eigenvalue weighted by atomic mass is 9.85. The number of hydrogen-bond acceptors (Lipinski definition) is 22. The van der Waals surface area contributed by atoms with Crippen LogP contribution in [0, 0.1) is 30.1 Å². The fraction of sp³-hybridized carbons (Fsp3) is 0.698. The minimum atomic E-state index is -1.83. The Balaban J connectivity index is 1.62. The van der Waals surface area contributed by atoms with Gasteiger partial charge in [0.15, 0.2) is 30.2 Å². The van der Waals surface area contributed by atoms with Crippen LogP contribution in [0.2, 0.25) is 0 Å². The predicted molar refractivity (Wildman–Crippen MR) is 290 cm³/mol. The van der Waals surface area contributed by atoms with E-state index in [1.807, 2.05) is 0 Å². The molecular weight excluding hydrogens is 1100 g/mol. The van der Waals surface area contributed by atoms with Gasteiger partial charge in [-0.3, -0.25) is 28.8 Å². The molecule has 0 radical (unpaired) electrons. The SMILES string of the molecule is C#CCOCCOCCOCCOCCC(=O)N1C[C@@H](C(=O)CCCCCC(=O)O[C@@H]([C@@H]2OC(C(=O)O)=C[C@H](N=C(N)N)[C@H]2C)[C@H](O)CO)[C@H](C(=O)CCCCCC(=O)O[C@@H]([C@@H]2OC(C(=O)O)=C[C@H](N=C(N)N)[C@H]2NC(C)=O)[C@H](O)CO)C1. The van der Waals surface area contributed by atoms with Crippen LogP contribution in [0.4, 0.5) is 0 Å². The number of nitrogens with one attached hydrogen (secondary N) is 1. The lowest BCUT2D eigenvalue weighted by Gasteiger charge is -2.39. The molecule has 0 bridgehead atoms. The zero-order chi connectivity index (χ0) is 61.6. The third-order valence-corrected chi connectivity index (χ3v) is 13.5. The molecule has 83 heavy (non-hydrogen) atoms. The first-order valence-corrected chi connectivity index (χ1v) is 27.3. The second-order valence-electron chi connectivity index (χ2n) is 19.8. The van der Waals surface area contributed by atoms with Gasteiger partial charge in [-0.15, -0.1) is 6.42 Å². The molecule has 15 N–H and O–H groups in total. The first kappa shape index (κ1) is 70.3. The van der Waals surface area contributed by atoms with Gasteiger partial charge in [0.2, 0.25) is 23.3 Å². The number of aliphatic hydroxyl groups excluding tert-OH is 4. The molecule has 0 aliphatic carbocycles. The number of likely N-dealkylation sites (tertiary alicyclic amines) is 1. The van der Waals surface area contributed by atoms with Crippen molar-refractivity contribution in [2.45, 2.75) is 139 Å². The number of unbranched alkanes of at least 4 members (excludes halogenated alkanes) is 4. The van der Waals surface area contributed by atoms with E-state index in [1.165, 1.54) is 11.0 Å². The Bertz CT molecular complexity index is 2320. The first-order chi connectivity index (χ1) is 39.5. The standard InChI is InChI=1S/C53H82N8O22/c1-4-16-76-18-20-78-22-23-79-21-19-77-17-15-42(69)61-26-32(36(65)11-7-5-9-13-43(70)82-47(38(67)28-62)46-30(2)34(59-52(54)55)24-40(80-46)50(72)73)33(27-61)37(66)12-8-6-10-14-44(71)83-48(39(68)29-63)49-45(58-31(3)64)35(60-53(56)57)25-41(81-49)51(74)75/h1,24-25,30,32-35,38-39,45-49,62-63,67-68H,5-23,26-29H2,2-3H3,(H,58,64)(H,72,73)(H,74,75)(H4,54,55,59)(H4,56,57,60)/t30-,32-,33-,34+,35+,38-,39-,45-,46-,47-,48-,49-/m1/s1. The fourth-order valence-corrected chi connectivity index (χ4v) is 9.39. The quantitative estimate of drug-likeness (QED) is 0.00950. The van der Waals surface area contributed by atoms with Crippen LogP contribution in [0.3, 0.4) is 0 Å². The van der Waals surface area contributed by atoms with Crippen molar-refractivity contribution in [1.82, 2.24) is 10.2 Å². The molecule has 1 saturated heterocycles. The molecule has 3 aliphatic rings. The minimum absolute atomic E-state index is 0.0105. The smallest absolute Gasteiger partial charge is 0.370 e. The number of guanidine groups is 2. The predicted octanol–water partition coefficient (Wildman–Crippen LogP) is -3.12. The number of ketones is 2. The van der Waals surface area contributed by atoms with E-state index in [-0.39, 0.29) is 121 Å². The Morgan fingerprint density at radius 3 is 1.52 bits per heavy atom. The van der Waals surface area contributed by atoms with Crippen molar-refractivity contribution in [2.24, 2.45) is 50.7 Å². The van der Waals surface area contributed by atoms with Crippen LogP contribution in [0.25, 0.3) is 0 Å². The average molecular weight is 1180 g/mol. The highest BCUT2D eigenvalue weighted by Gasteiger charge is 2.47. The number of carboxylic acids is 2. The van der Waals surface area contributed by atoms with Crippen LogP contribution >= 0.6 is 0 Å². The summed E-state index contributed by atoms with van der Waals surface area (Å²) in [5.41, 5.74) is 22.2. The molecule has 3 rings (SSSR count). The first-order valence-electron chi connectivity index (χ1n) is 27.3. The number of hydrogen-bond donors (Lipinski definition) is 11. The highest BCUT2D eigenvalue weighted by atomic mass is 16.6. The van der Waals surface area contributed by atoms with Crippen LogP contribution in [0.1, 0.15) is 84.5 Å². The largest absolute Gasteiger partial charge is 0.479 e. The molecule has 30 heteroatoms. The Labute approximate surface area is 480 Å². The van der Waals surface area contributed by atoms with E-state index in [1.54, 1.807) is 6.92 Å². The number of ether oxygens (including phenoxy) is 8. The Morgan fingerprint density at radius 1 is 0.651 bits per heavy atom. The van der Waals surface area contributed by atoms with Crippen LogP contribution in [-0.2, 0) is 76.3 Å². The Kier molecular flexibility index (Phi) is 31.6. The number of Topliss-reactive ketones (excluding diaryl/α,β-unsaturated/α-hetero) is 2. The van der Waals surface area contributed by atoms with Gasteiger partial charge in [-0.25, -0.2) is 19.6 Å². The number of aliphatic hydroxyl groups is 4. The van der Waals surface area contributed by atoms with E-state index in [4.69, 9.17) is 67.3 Å². The molecule has 2 amide bonds. The highest BCUT2D eigenvalue weighted by Crippen LogP contribution is 2.33. The van der Waals surface area contributed by atoms with Gasteiger partial charge in [0.05, 0.1) is 84.0 Å². The average Bonchev–Trinajstić information content (AvgIpc) is 4.00. The van der Waals surface area contributed by atoms with Crippen molar-refractivity contribution in [3.8, 4) is 12.3 Å². The van der Waals surface area contributed by atoms with Gasteiger partial charge in [-0.1, -0.05) is 25.7 Å². The molecule has 0 aromatic rings. The lowest BCUT2D eigenvalue weighted by Crippen LogP contribution is -2.60. The zero-order valence-electron chi connectivity index (χ0n) is 46.8. The van der Waals surface area contributed by atoms with Crippen LogP contribution in [-0.4, -0.2) is 229 Å². The molecule has 0 unspecified atom stereocenters. The monoisotopic (exact) mass is 1180 g/mol. The number of amides is 2. The summed E-state index contributed by atoms with van der Waals surface area (Å²) in [6.07, 6.45) is -1.41. The Morgan fingerprint density at radius 2 is 1.07 bits per heavy atom. The summed E-state index contributed by atoms with van der Waals surface area (Å²) in [7, 11) is 0. The van der Waals surface area contributed by atoms with Crippen molar-refractivity contribution in [1.29, 1.82) is 0 Å². The van der Waals surface area contributed by atoms with Crippen molar-refractivity contribution < 1.29 is 107 Å².